The van der Waals surface area contributed by atoms with Crippen LogP contribution < -0.4 is 5.73 Å². The Morgan fingerprint density at radius 3 is 2.50 bits per heavy atom. The molecule has 0 radical (unpaired) electrons. The van der Waals surface area contributed by atoms with Crippen molar-refractivity contribution in [2.75, 3.05) is 0 Å². The molecule has 0 bridgehead atoms. The molecule has 1 aromatic heterocycles. The summed E-state index contributed by atoms with van der Waals surface area (Å²) in [5, 5.41) is 11.3. The van der Waals surface area contributed by atoms with Crippen molar-refractivity contribution in [3.8, 4) is 0 Å². The molecular formula is C7H13N5. The van der Waals surface area contributed by atoms with E-state index in [-0.39, 0.29) is 11.9 Å². The van der Waals surface area contributed by atoms with E-state index in [4.69, 9.17) is 11.1 Å². The zero-order chi connectivity index (χ0) is 9.30. The van der Waals surface area contributed by atoms with Crippen LogP contribution in [-0.4, -0.2) is 20.6 Å². The Kier molecular flexibility index (Phi) is 2.12. The number of hydrogen-bond acceptors (Lipinski definition) is 3. The molecule has 5 heteroatoms. The third-order valence-corrected chi connectivity index (χ3v) is 1.72. The summed E-state index contributed by atoms with van der Waals surface area (Å²) in [7, 11) is 0. The van der Waals surface area contributed by atoms with Crippen LogP contribution in [0.3, 0.4) is 0 Å². The smallest absolute Gasteiger partial charge is 0.147 e. The Labute approximate surface area is 71.1 Å². The Balaban J connectivity index is 3.02. The van der Waals surface area contributed by atoms with Gasteiger partial charge in [-0.15, -0.1) is 0 Å². The van der Waals surface area contributed by atoms with E-state index in [0.717, 1.165) is 5.82 Å². The summed E-state index contributed by atoms with van der Waals surface area (Å²) in [5.74, 6) is 1.60. The van der Waals surface area contributed by atoms with Gasteiger partial charge in [-0.2, -0.15) is 5.10 Å². The molecule has 1 atom stereocenters. The highest BCUT2D eigenvalue weighted by molar-refractivity contribution is 5.80. The Hall–Kier alpha value is -1.39. The van der Waals surface area contributed by atoms with Gasteiger partial charge in [-0.25, -0.2) is 9.67 Å². The number of aryl methyl sites for hydroxylation is 2. The standard InChI is InChI=1S/C7H13N5/c1-4(7(8)9)12-6(3)10-5(2)11-12/h4H,1-3H3,(H3,8,9). The molecule has 3 N–H and O–H groups in total. The minimum absolute atomic E-state index is 0.100. The summed E-state index contributed by atoms with van der Waals surface area (Å²) >= 11 is 0. The molecule has 66 valence electrons. The van der Waals surface area contributed by atoms with Crippen molar-refractivity contribution in [3.63, 3.8) is 0 Å². The molecule has 0 aliphatic carbocycles. The second-order valence-corrected chi connectivity index (χ2v) is 2.78. The SMILES string of the molecule is Cc1nc(C)n(C(C)C(=N)N)n1. The molecule has 0 aliphatic rings. The molecular weight excluding hydrogens is 154 g/mol. The van der Waals surface area contributed by atoms with Gasteiger partial charge in [0.05, 0.1) is 0 Å². The van der Waals surface area contributed by atoms with E-state index in [2.05, 4.69) is 10.1 Å². The highest BCUT2D eigenvalue weighted by Crippen LogP contribution is 2.06. The summed E-state index contributed by atoms with van der Waals surface area (Å²) in [6.45, 7) is 5.49. The Morgan fingerprint density at radius 1 is 1.58 bits per heavy atom. The lowest BCUT2D eigenvalue weighted by Crippen LogP contribution is -2.24. The van der Waals surface area contributed by atoms with Gasteiger partial charge in [-0.1, -0.05) is 0 Å². The molecule has 0 aliphatic heterocycles. The normalized spacial score (nSPS) is 12.9. The van der Waals surface area contributed by atoms with E-state index >= 15 is 0 Å². The van der Waals surface area contributed by atoms with Gasteiger partial charge in [-0.05, 0) is 20.8 Å². The summed E-state index contributed by atoms with van der Waals surface area (Å²) in [5.41, 5.74) is 5.34. The van der Waals surface area contributed by atoms with Crippen LogP contribution in [0, 0.1) is 19.3 Å². The van der Waals surface area contributed by atoms with Crippen LogP contribution in [0.1, 0.15) is 24.6 Å². The number of amidine groups is 1. The molecule has 0 fully saturated rings. The zero-order valence-electron chi connectivity index (χ0n) is 7.50. The number of hydrogen-bond donors (Lipinski definition) is 2. The monoisotopic (exact) mass is 167 g/mol. The largest absolute Gasteiger partial charge is 0.386 e. The summed E-state index contributed by atoms with van der Waals surface area (Å²) < 4.78 is 1.65. The molecule has 1 aromatic rings. The average Bonchev–Trinajstić information content (AvgIpc) is 2.28. The second-order valence-electron chi connectivity index (χ2n) is 2.78. The van der Waals surface area contributed by atoms with Crippen molar-refractivity contribution in [1.29, 1.82) is 5.41 Å². The second kappa shape index (κ2) is 2.92. The summed E-state index contributed by atoms with van der Waals surface area (Å²) in [6, 6.07) is -0.203. The predicted octanol–water partition coefficient (Wildman–Crippen LogP) is 0.392. The fraction of sp³-hybridized carbons (Fsp3) is 0.571. The fourth-order valence-electron chi connectivity index (χ4n) is 1.03. The maximum absolute atomic E-state index is 7.23. The van der Waals surface area contributed by atoms with Crippen LogP contribution in [0.2, 0.25) is 0 Å². The van der Waals surface area contributed by atoms with Gasteiger partial charge in [-0.3, -0.25) is 5.41 Å². The fourth-order valence-corrected chi connectivity index (χ4v) is 1.03. The van der Waals surface area contributed by atoms with E-state index in [0.29, 0.717) is 5.82 Å². The number of nitrogens with zero attached hydrogens (tertiary/aromatic N) is 3. The first-order chi connectivity index (χ1) is 5.52. The van der Waals surface area contributed by atoms with E-state index in [1.807, 2.05) is 20.8 Å². The van der Waals surface area contributed by atoms with Gasteiger partial charge in [0, 0.05) is 0 Å². The first kappa shape index (κ1) is 8.70. The molecule has 1 rings (SSSR count). The highest BCUT2D eigenvalue weighted by atomic mass is 15.4. The van der Waals surface area contributed by atoms with Crippen molar-refractivity contribution in [2.24, 2.45) is 5.73 Å². The number of rotatable bonds is 2. The van der Waals surface area contributed by atoms with Crippen LogP contribution in [-0.2, 0) is 0 Å². The van der Waals surface area contributed by atoms with Gasteiger partial charge in [0.2, 0.25) is 0 Å². The maximum atomic E-state index is 7.23. The maximum Gasteiger partial charge on any atom is 0.147 e. The van der Waals surface area contributed by atoms with Gasteiger partial charge in [0.1, 0.15) is 23.5 Å². The molecule has 0 aromatic carbocycles. The topological polar surface area (TPSA) is 80.6 Å². The minimum atomic E-state index is -0.203. The van der Waals surface area contributed by atoms with E-state index in [1.165, 1.54) is 0 Å². The molecule has 12 heavy (non-hydrogen) atoms. The van der Waals surface area contributed by atoms with Crippen LogP contribution in [0.15, 0.2) is 0 Å². The number of aromatic nitrogens is 3. The van der Waals surface area contributed by atoms with Crippen LogP contribution in [0.25, 0.3) is 0 Å². The minimum Gasteiger partial charge on any atom is -0.386 e. The lowest BCUT2D eigenvalue weighted by atomic mass is 10.3. The molecule has 1 unspecified atom stereocenters. The van der Waals surface area contributed by atoms with E-state index in [9.17, 15) is 0 Å². The van der Waals surface area contributed by atoms with Crippen molar-refractivity contribution in [2.45, 2.75) is 26.8 Å². The van der Waals surface area contributed by atoms with Gasteiger partial charge >= 0.3 is 0 Å². The molecule has 0 amide bonds. The van der Waals surface area contributed by atoms with E-state index < -0.39 is 0 Å². The van der Waals surface area contributed by atoms with Crippen molar-refractivity contribution in [1.82, 2.24) is 14.8 Å². The lowest BCUT2D eigenvalue weighted by molar-refractivity contribution is 0.579. The molecule has 0 spiro atoms. The molecule has 0 saturated heterocycles. The first-order valence-corrected chi connectivity index (χ1v) is 3.76. The summed E-state index contributed by atoms with van der Waals surface area (Å²) in [6.07, 6.45) is 0. The van der Waals surface area contributed by atoms with Crippen LogP contribution in [0.4, 0.5) is 0 Å². The average molecular weight is 167 g/mol. The van der Waals surface area contributed by atoms with Crippen molar-refractivity contribution < 1.29 is 0 Å². The van der Waals surface area contributed by atoms with Crippen molar-refractivity contribution in [3.05, 3.63) is 11.6 Å². The molecule has 1 heterocycles. The Bertz CT molecular complexity index is 301. The van der Waals surface area contributed by atoms with Crippen LogP contribution >= 0.6 is 0 Å². The van der Waals surface area contributed by atoms with Crippen molar-refractivity contribution >= 4 is 5.84 Å². The lowest BCUT2D eigenvalue weighted by Gasteiger charge is -2.10. The predicted molar refractivity (Wildman–Crippen MR) is 46.1 cm³/mol. The Morgan fingerprint density at radius 2 is 2.17 bits per heavy atom. The van der Waals surface area contributed by atoms with Gasteiger partial charge < -0.3 is 5.73 Å². The van der Waals surface area contributed by atoms with Gasteiger partial charge in [0.25, 0.3) is 0 Å². The van der Waals surface area contributed by atoms with Gasteiger partial charge in [0.15, 0.2) is 0 Å². The number of nitrogens with two attached hydrogens (primary N) is 1. The van der Waals surface area contributed by atoms with Crippen LogP contribution in [0.5, 0.6) is 0 Å². The quantitative estimate of drug-likeness (QED) is 0.494. The number of nitrogens with one attached hydrogen (secondary N) is 1. The molecule has 5 nitrogen and oxygen atoms in total. The summed E-state index contributed by atoms with van der Waals surface area (Å²) in [4.78, 5) is 4.11. The zero-order valence-corrected chi connectivity index (χ0v) is 7.50. The van der Waals surface area contributed by atoms with E-state index in [1.54, 1.807) is 4.68 Å². The first-order valence-electron chi connectivity index (χ1n) is 3.76. The third-order valence-electron chi connectivity index (χ3n) is 1.72. The third kappa shape index (κ3) is 1.44. The highest BCUT2D eigenvalue weighted by Gasteiger charge is 2.12. The molecule has 0 saturated carbocycles.